The average Bonchev–Trinajstić information content (AvgIpc) is 2.12. The average molecular weight is 264 g/mol. The molecule has 3 aliphatic heterocycles. The second-order valence-electron chi connectivity index (χ2n) is 6.32. The van der Waals surface area contributed by atoms with Crippen LogP contribution in [0, 0.1) is 5.41 Å². The van der Waals surface area contributed by atoms with Gasteiger partial charge in [0.15, 0.2) is 0 Å². The molecule has 0 aromatic heterocycles. The lowest BCUT2D eigenvalue weighted by Crippen LogP contribution is -2.72. The summed E-state index contributed by atoms with van der Waals surface area (Å²) in [7, 11) is 0. The number of alkyl halides is 3. The number of hydrogen-bond donors (Lipinski definition) is 0. The van der Waals surface area contributed by atoms with Crippen molar-refractivity contribution in [3.05, 3.63) is 0 Å². The SMILES string of the molecule is CC(C)(C)C(=O)N1C2CC1CN(CC(F)(F)F)C2. The molecule has 3 heterocycles. The molecule has 3 saturated heterocycles. The van der Waals surface area contributed by atoms with Gasteiger partial charge < -0.3 is 4.90 Å². The summed E-state index contributed by atoms with van der Waals surface area (Å²) in [6.45, 7) is 5.36. The minimum Gasteiger partial charge on any atom is -0.334 e. The van der Waals surface area contributed by atoms with E-state index >= 15 is 0 Å². The van der Waals surface area contributed by atoms with Crippen LogP contribution in [0.5, 0.6) is 0 Å². The molecule has 0 saturated carbocycles. The molecule has 2 bridgehead atoms. The van der Waals surface area contributed by atoms with Crippen LogP contribution in [0.25, 0.3) is 0 Å². The van der Waals surface area contributed by atoms with Crippen molar-refractivity contribution in [1.29, 1.82) is 0 Å². The van der Waals surface area contributed by atoms with Crippen molar-refractivity contribution in [3.8, 4) is 0 Å². The van der Waals surface area contributed by atoms with Gasteiger partial charge in [-0.3, -0.25) is 9.69 Å². The molecule has 3 fully saturated rings. The van der Waals surface area contributed by atoms with Gasteiger partial charge in [-0.25, -0.2) is 0 Å². The molecule has 3 aliphatic rings. The van der Waals surface area contributed by atoms with E-state index in [1.54, 1.807) is 4.90 Å². The third-order valence-electron chi connectivity index (χ3n) is 3.55. The molecule has 3 rings (SSSR count). The summed E-state index contributed by atoms with van der Waals surface area (Å²) in [5.41, 5.74) is -0.455. The van der Waals surface area contributed by atoms with Crippen molar-refractivity contribution in [2.75, 3.05) is 19.6 Å². The van der Waals surface area contributed by atoms with Crippen LogP contribution in [0.15, 0.2) is 0 Å². The highest BCUT2D eigenvalue weighted by molar-refractivity contribution is 5.83. The van der Waals surface area contributed by atoms with E-state index in [0.29, 0.717) is 13.1 Å². The van der Waals surface area contributed by atoms with Gasteiger partial charge in [-0.15, -0.1) is 0 Å². The maximum atomic E-state index is 12.3. The van der Waals surface area contributed by atoms with E-state index in [9.17, 15) is 18.0 Å². The molecule has 1 amide bonds. The van der Waals surface area contributed by atoms with Crippen molar-refractivity contribution < 1.29 is 18.0 Å². The van der Waals surface area contributed by atoms with Gasteiger partial charge in [-0.1, -0.05) is 20.8 Å². The van der Waals surface area contributed by atoms with Gasteiger partial charge in [0.2, 0.25) is 5.91 Å². The van der Waals surface area contributed by atoms with E-state index in [4.69, 9.17) is 0 Å². The summed E-state index contributed by atoms with van der Waals surface area (Å²) >= 11 is 0. The van der Waals surface area contributed by atoms with E-state index in [1.165, 1.54) is 4.90 Å². The standard InChI is InChI=1S/C12H19F3N2O/c1-11(2,3)10(18)17-8-4-9(17)6-16(5-8)7-12(13,14)15/h8-9H,4-7H2,1-3H3. The van der Waals surface area contributed by atoms with Gasteiger partial charge in [0.1, 0.15) is 0 Å². The number of fused-ring (bicyclic) bond motifs is 2. The number of nitrogens with zero attached hydrogens (tertiary/aromatic N) is 2. The summed E-state index contributed by atoms with van der Waals surface area (Å²) in [6.07, 6.45) is -3.31. The molecule has 6 heteroatoms. The van der Waals surface area contributed by atoms with Crippen molar-refractivity contribution in [2.45, 2.75) is 45.5 Å². The molecule has 0 N–H and O–H groups in total. The van der Waals surface area contributed by atoms with Crippen LogP contribution in [0.4, 0.5) is 13.2 Å². The largest absolute Gasteiger partial charge is 0.401 e. The van der Waals surface area contributed by atoms with Crippen LogP contribution in [0.3, 0.4) is 0 Å². The second kappa shape index (κ2) is 4.11. The lowest BCUT2D eigenvalue weighted by molar-refractivity contribution is -0.179. The van der Waals surface area contributed by atoms with E-state index < -0.39 is 18.1 Å². The van der Waals surface area contributed by atoms with E-state index in [1.807, 2.05) is 20.8 Å². The molecule has 0 aliphatic carbocycles. The Hall–Kier alpha value is -0.780. The summed E-state index contributed by atoms with van der Waals surface area (Å²) in [6, 6.07) is -0.0596. The van der Waals surface area contributed by atoms with Crippen LogP contribution in [-0.2, 0) is 4.79 Å². The number of amides is 1. The zero-order valence-electron chi connectivity index (χ0n) is 10.9. The quantitative estimate of drug-likeness (QED) is 0.722. The van der Waals surface area contributed by atoms with Crippen molar-refractivity contribution in [1.82, 2.24) is 9.80 Å². The number of carbonyl (C=O) groups excluding carboxylic acids is 1. The van der Waals surface area contributed by atoms with Crippen molar-refractivity contribution >= 4 is 5.91 Å². The minimum atomic E-state index is -4.15. The lowest BCUT2D eigenvalue weighted by atomic mass is 9.83. The fraction of sp³-hybridized carbons (Fsp3) is 0.917. The van der Waals surface area contributed by atoms with Crippen LogP contribution in [0.2, 0.25) is 0 Å². The first-order chi connectivity index (χ1) is 8.08. The zero-order chi connectivity index (χ0) is 13.7. The molecular weight excluding hydrogens is 245 g/mol. The topological polar surface area (TPSA) is 23.6 Å². The Bertz CT molecular complexity index is 336. The first-order valence-corrected chi connectivity index (χ1v) is 6.20. The normalized spacial score (nSPS) is 29.1. The Kier molecular flexibility index (Phi) is 3.12. The third-order valence-corrected chi connectivity index (χ3v) is 3.55. The predicted molar refractivity (Wildman–Crippen MR) is 61.0 cm³/mol. The van der Waals surface area contributed by atoms with Gasteiger partial charge in [0.25, 0.3) is 0 Å². The molecule has 104 valence electrons. The number of halogens is 3. The number of piperidine rings is 1. The smallest absolute Gasteiger partial charge is 0.334 e. The highest BCUT2D eigenvalue weighted by Crippen LogP contribution is 2.36. The fourth-order valence-electron chi connectivity index (χ4n) is 2.80. The molecule has 2 atom stereocenters. The third kappa shape index (κ3) is 2.63. The molecule has 2 unspecified atom stereocenters. The Labute approximate surface area is 105 Å². The second-order valence-corrected chi connectivity index (χ2v) is 6.32. The highest BCUT2D eigenvalue weighted by atomic mass is 19.4. The molecule has 18 heavy (non-hydrogen) atoms. The molecular formula is C12H19F3N2O. The van der Waals surface area contributed by atoms with E-state index in [-0.39, 0.29) is 18.0 Å². The first kappa shape index (κ1) is 13.6. The zero-order valence-corrected chi connectivity index (χ0v) is 10.9. The Morgan fingerprint density at radius 3 is 2.06 bits per heavy atom. The summed E-state index contributed by atoms with van der Waals surface area (Å²) in [5, 5.41) is 0. The number of rotatable bonds is 1. The Balaban J connectivity index is 1.95. The summed E-state index contributed by atoms with van der Waals surface area (Å²) in [5.74, 6) is 0.0513. The van der Waals surface area contributed by atoms with Crippen molar-refractivity contribution in [3.63, 3.8) is 0 Å². The van der Waals surface area contributed by atoms with Crippen molar-refractivity contribution in [2.24, 2.45) is 5.41 Å². The predicted octanol–water partition coefficient (Wildman–Crippen LogP) is 1.88. The van der Waals surface area contributed by atoms with Gasteiger partial charge >= 0.3 is 6.18 Å². The minimum absolute atomic E-state index is 0.0298. The van der Waals surface area contributed by atoms with Crippen LogP contribution in [-0.4, -0.2) is 53.6 Å². The molecule has 0 aromatic carbocycles. The van der Waals surface area contributed by atoms with E-state index in [2.05, 4.69) is 0 Å². The number of hydrogen-bond acceptors (Lipinski definition) is 2. The Morgan fingerprint density at radius 2 is 1.67 bits per heavy atom. The fourth-order valence-corrected chi connectivity index (χ4v) is 2.80. The van der Waals surface area contributed by atoms with Crippen LogP contribution >= 0.6 is 0 Å². The number of piperazine rings is 1. The first-order valence-electron chi connectivity index (χ1n) is 6.20. The van der Waals surface area contributed by atoms with Crippen LogP contribution < -0.4 is 0 Å². The van der Waals surface area contributed by atoms with E-state index in [0.717, 1.165) is 6.42 Å². The van der Waals surface area contributed by atoms with Gasteiger partial charge in [0.05, 0.1) is 6.54 Å². The maximum Gasteiger partial charge on any atom is 0.401 e. The van der Waals surface area contributed by atoms with Gasteiger partial charge in [0, 0.05) is 30.6 Å². The van der Waals surface area contributed by atoms with Gasteiger partial charge in [-0.2, -0.15) is 13.2 Å². The molecule has 0 spiro atoms. The highest BCUT2D eigenvalue weighted by Gasteiger charge is 2.50. The lowest BCUT2D eigenvalue weighted by Gasteiger charge is -2.57. The molecule has 3 nitrogen and oxygen atoms in total. The summed E-state index contributed by atoms with van der Waals surface area (Å²) < 4.78 is 36.9. The Morgan fingerprint density at radius 1 is 1.17 bits per heavy atom. The molecule has 0 radical (unpaired) electrons. The maximum absolute atomic E-state index is 12.3. The van der Waals surface area contributed by atoms with Gasteiger partial charge in [-0.05, 0) is 6.42 Å². The van der Waals surface area contributed by atoms with Crippen LogP contribution in [0.1, 0.15) is 27.2 Å². The molecule has 0 aromatic rings. The summed E-state index contributed by atoms with van der Waals surface area (Å²) in [4.78, 5) is 15.3. The monoisotopic (exact) mass is 264 g/mol. The number of carbonyl (C=O) groups is 1.